The molecule has 0 fully saturated rings. The number of hydrogen-bond acceptors (Lipinski definition) is 6. The summed E-state index contributed by atoms with van der Waals surface area (Å²) in [5.41, 5.74) is 12.1. The quantitative estimate of drug-likeness (QED) is 0.243. The summed E-state index contributed by atoms with van der Waals surface area (Å²) in [5, 5.41) is 5.87. The first-order valence-corrected chi connectivity index (χ1v) is 13.1. The maximum atomic E-state index is 13.3. The van der Waals surface area contributed by atoms with Crippen LogP contribution in [0.1, 0.15) is 9.67 Å². The van der Waals surface area contributed by atoms with Gasteiger partial charge in [0.25, 0.3) is 5.91 Å². The number of nitrogen functional groups attached to an aromatic ring is 1. The van der Waals surface area contributed by atoms with Gasteiger partial charge in [0.1, 0.15) is 15.5 Å². The maximum absolute atomic E-state index is 13.3. The van der Waals surface area contributed by atoms with E-state index in [4.69, 9.17) is 10.7 Å². The number of thiophene rings is 1. The van der Waals surface area contributed by atoms with E-state index in [1.807, 2.05) is 72.1 Å². The van der Waals surface area contributed by atoms with Crippen LogP contribution in [0.5, 0.6) is 0 Å². The van der Waals surface area contributed by atoms with E-state index in [0.717, 1.165) is 33.3 Å². The number of aromatic nitrogens is 2. The van der Waals surface area contributed by atoms with E-state index in [-0.39, 0.29) is 11.7 Å². The van der Waals surface area contributed by atoms with E-state index in [0.29, 0.717) is 26.2 Å². The minimum atomic E-state index is -0.347. The van der Waals surface area contributed by atoms with Gasteiger partial charge in [0.05, 0.1) is 17.1 Å². The largest absolute Gasteiger partial charge is 0.397 e. The van der Waals surface area contributed by atoms with Gasteiger partial charge in [0.2, 0.25) is 0 Å². The molecule has 0 spiro atoms. The van der Waals surface area contributed by atoms with E-state index < -0.39 is 0 Å². The summed E-state index contributed by atoms with van der Waals surface area (Å²) in [6, 6.07) is 28.0. The molecule has 8 heteroatoms. The zero-order valence-electron chi connectivity index (χ0n) is 19.3. The lowest BCUT2D eigenvalue weighted by molar-refractivity contribution is 0.103. The number of halogens is 1. The molecule has 3 aromatic carbocycles. The Morgan fingerprint density at radius 3 is 2.16 bits per heavy atom. The Kier molecular flexibility index (Phi) is 5.96. The molecule has 3 aromatic heterocycles. The number of carbonyl (C=O) groups excluding carboxylic acids is 1. The second-order valence-corrected chi connectivity index (χ2v) is 10.2. The van der Waals surface area contributed by atoms with E-state index in [2.05, 4.69) is 10.3 Å². The third-order valence-electron chi connectivity index (χ3n) is 5.92. The summed E-state index contributed by atoms with van der Waals surface area (Å²) in [6.45, 7) is 0. The van der Waals surface area contributed by atoms with Crippen LogP contribution in [0.25, 0.3) is 43.9 Å². The molecule has 5 nitrogen and oxygen atoms in total. The van der Waals surface area contributed by atoms with Crippen LogP contribution in [0.3, 0.4) is 0 Å². The Morgan fingerprint density at radius 1 is 0.811 bits per heavy atom. The number of amides is 1. The molecule has 0 unspecified atom stereocenters. The number of benzene rings is 3. The van der Waals surface area contributed by atoms with E-state index in [1.54, 1.807) is 12.1 Å². The normalized spacial score (nSPS) is 11.1. The van der Waals surface area contributed by atoms with E-state index in [9.17, 15) is 9.18 Å². The highest BCUT2D eigenvalue weighted by molar-refractivity contribution is 7.21. The fourth-order valence-electron chi connectivity index (χ4n) is 4.13. The summed E-state index contributed by atoms with van der Waals surface area (Å²) >= 11 is 2.56. The van der Waals surface area contributed by atoms with E-state index >= 15 is 0 Å². The third-order valence-corrected chi connectivity index (χ3v) is 7.78. The van der Waals surface area contributed by atoms with Crippen LogP contribution in [0, 0.1) is 5.82 Å². The number of thiazole rings is 1. The van der Waals surface area contributed by atoms with Gasteiger partial charge in [-0.25, -0.2) is 14.4 Å². The lowest BCUT2D eigenvalue weighted by atomic mass is 9.99. The molecule has 6 aromatic rings. The number of pyridine rings is 1. The highest BCUT2D eigenvalue weighted by Crippen LogP contribution is 2.41. The number of carbonyl (C=O) groups is 1. The zero-order chi connectivity index (χ0) is 25.4. The average Bonchev–Trinajstić information content (AvgIpc) is 3.54. The first kappa shape index (κ1) is 23.0. The molecule has 0 radical (unpaired) electrons. The lowest BCUT2D eigenvalue weighted by Crippen LogP contribution is -2.11. The maximum Gasteiger partial charge on any atom is 0.269 e. The van der Waals surface area contributed by atoms with Crippen LogP contribution >= 0.6 is 22.7 Å². The average molecular weight is 523 g/mol. The number of nitrogens with zero attached hydrogens (tertiary/aromatic N) is 2. The van der Waals surface area contributed by atoms with Crippen LogP contribution in [-0.4, -0.2) is 15.9 Å². The zero-order valence-corrected chi connectivity index (χ0v) is 20.9. The Labute approximate surface area is 220 Å². The van der Waals surface area contributed by atoms with Gasteiger partial charge in [-0.1, -0.05) is 60.7 Å². The molecule has 0 atom stereocenters. The number of rotatable bonds is 5. The van der Waals surface area contributed by atoms with Crippen LogP contribution < -0.4 is 11.1 Å². The van der Waals surface area contributed by atoms with Gasteiger partial charge in [-0.2, -0.15) is 0 Å². The highest BCUT2D eigenvalue weighted by atomic mass is 32.1. The standard InChI is InChI=1S/C29H19FN4OS2/c30-20-13-11-19(12-14-20)23-16-36-29(33-23)34-27(35)26-25(31)24-21(17-7-3-1-4-8-17)15-22(32-28(24)37-26)18-9-5-2-6-10-18/h1-16H,31H2,(H,33,34,35). The van der Waals surface area contributed by atoms with Crippen molar-refractivity contribution in [2.45, 2.75) is 0 Å². The fourth-order valence-corrected chi connectivity index (χ4v) is 5.86. The molecule has 3 N–H and O–H groups in total. The predicted molar refractivity (Wildman–Crippen MR) is 150 cm³/mol. The molecular weight excluding hydrogens is 503 g/mol. The first-order valence-electron chi connectivity index (χ1n) is 11.4. The molecule has 0 aliphatic carbocycles. The van der Waals surface area contributed by atoms with Crippen molar-refractivity contribution in [1.29, 1.82) is 0 Å². The van der Waals surface area contributed by atoms with Gasteiger partial charge in [-0.15, -0.1) is 22.7 Å². The molecule has 180 valence electrons. The fraction of sp³-hybridized carbons (Fsp3) is 0. The van der Waals surface area contributed by atoms with Gasteiger partial charge in [-0.3, -0.25) is 10.1 Å². The van der Waals surface area contributed by atoms with Gasteiger partial charge < -0.3 is 5.73 Å². The monoisotopic (exact) mass is 522 g/mol. The molecule has 6 rings (SSSR count). The third kappa shape index (κ3) is 4.48. The molecule has 0 bridgehead atoms. The summed E-state index contributed by atoms with van der Waals surface area (Å²) in [6.07, 6.45) is 0. The van der Waals surface area contributed by atoms with Crippen molar-refractivity contribution in [3.63, 3.8) is 0 Å². The molecule has 3 heterocycles. The smallest absolute Gasteiger partial charge is 0.269 e. The second kappa shape index (κ2) is 9.57. The van der Waals surface area contributed by atoms with Crippen molar-refractivity contribution in [3.8, 4) is 33.6 Å². The minimum Gasteiger partial charge on any atom is -0.397 e. The molecule has 0 aliphatic heterocycles. The number of nitrogens with one attached hydrogen (secondary N) is 1. The number of hydrogen-bond donors (Lipinski definition) is 2. The molecular formula is C29H19FN4OS2. The van der Waals surface area contributed by atoms with Crippen molar-refractivity contribution < 1.29 is 9.18 Å². The van der Waals surface area contributed by atoms with Crippen LogP contribution in [0.4, 0.5) is 15.2 Å². The van der Waals surface area contributed by atoms with Crippen LogP contribution in [0.15, 0.2) is 96.4 Å². The molecule has 1 amide bonds. The highest BCUT2D eigenvalue weighted by Gasteiger charge is 2.22. The number of nitrogens with two attached hydrogens (primary N) is 1. The summed E-state index contributed by atoms with van der Waals surface area (Å²) in [7, 11) is 0. The number of fused-ring (bicyclic) bond motifs is 1. The SMILES string of the molecule is Nc1c(C(=O)Nc2nc(-c3ccc(F)cc3)cs2)sc2nc(-c3ccccc3)cc(-c3ccccc3)c12. The summed E-state index contributed by atoms with van der Waals surface area (Å²) in [5.74, 6) is -0.660. The molecule has 0 aliphatic rings. The summed E-state index contributed by atoms with van der Waals surface area (Å²) < 4.78 is 13.3. The molecule has 0 saturated carbocycles. The van der Waals surface area contributed by atoms with Crippen molar-refractivity contribution >= 4 is 49.6 Å². The Bertz CT molecular complexity index is 1730. The van der Waals surface area contributed by atoms with Gasteiger partial charge in [0.15, 0.2) is 5.13 Å². The van der Waals surface area contributed by atoms with Crippen LogP contribution in [-0.2, 0) is 0 Å². The van der Waals surface area contributed by atoms with Gasteiger partial charge in [-0.05, 0) is 41.5 Å². The Hall–Kier alpha value is -4.40. The Morgan fingerprint density at radius 2 is 1.46 bits per heavy atom. The predicted octanol–water partition coefficient (Wildman–Crippen LogP) is 7.73. The first-order chi connectivity index (χ1) is 18.1. The van der Waals surface area contributed by atoms with Crippen LogP contribution in [0.2, 0.25) is 0 Å². The van der Waals surface area contributed by atoms with E-state index in [1.165, 1.54) is 34.8 Å². The molecule has 0 saturated heterocycles. The minimum absolute atomic E-state index is 0.313. The Balaban J connectivity index is 1.39. The second-order valence-electron chi connectivity index (χ2n) is 8.31. The topological polar surface area (TPSA) is 80.9 Å². The van der Waals surface area contributed by atoms with Gasteiger partial charge >= 0.3 is 0 Å². The summed E-state index contributed by atoms with van der Waals surface area (Å²) in [4.78, 5) is 23.7. The molecule has 37 heavy (non-hydrogen) atoms. The number of anilines is 2. The lowest BCUT2D eigenvalue weighted by Gasteiger charge is -2.09. The van der Waals surface area contributed by atoms with Crippen molar-refractivity contribution in [1.82, 2.24) is 9.97 Å². The van der Waals surface area contributed by atoms with Gasteiger partial charge in [0, 0.05) is 21.9 Å². The van der Waals surface area contributed by atoms with Crippen molar-refractivity contribution in [3.05, 3.63) is 107 Å². The van der Waals surface area contributed by atoms with Crippen molar-refractivity contribution in [2.75, 3.05) is 11.1 Å². The van der Waals surface area contributed by atoms with Crippen molar-refractivity contribution in [2.24, 2.45) is 0 Å².